The van der Waals surface area contributed by atoms with E-state index >= 15 is 0 Å². The van der Waals surface area contributed by atoms with E-state index in [1.807, 2.05) is 10.8 Å². The van der Waals surface area contributed by atoms with Gasteiger partial charge in [-0.2, -0.15) is 0 Å². The molecular weight excluding hydrogens is 168 g/mol. The molecule has 1 atom stereocenters. The monoisotopic (exact) mass is 182 g/mol. The molecule has 0 fully saturated rings. The van der Waals surface area contributed by atoms with Gasteiger partial charge in [0.15, 0.2) is 0 Å². The van der Waals surface area contributed by atoms with Crippen molar-refractivity contribution in [2.75, 3.05) is 6.61 Å². The number of rotatable bonds is 2. The lowest BCUT2D eigenvalue weighted by molar-refractivity contribution is 0.0780. The first-order chi connectivity index (χ1) is 6.31. The van der Waals surface area contributed by atoms with Crippen LogP contribution in [0.3, 0.4) is 0 Å². The zero-order chi connectivity index (χ0) is 9.26. The van der Waals surface area contributed by atoms with Crippen molar-refractivity contribution in [1.29, 1.82) is 0 Å². The van der Waals surface area contributed by atoms with Crippen LogP contribution >= 0.6 is 0 Å². The zero-order valence-electron chi connectivity index (χ0n) is 7.48. The van der Waals surface area contributed by atoms with E-state index in [0.29, 0.717) is 6.42 Å². The van der Waals surface area contributed by atoms with Crippen molar-refractivity contribution in [3.8, 4) is 0 Å². The van der Waals surface area contributed by atoms with Crippen molar-refractivity contribution >= 4 is 0 Å². The fraction of sp³-hybridized carbons (Fsp3) is 0.667. The Kier molecular flexibility index (Phi) is 2.33. The maximum absolute atomic E-state index is 9.60. The van der Waals surface area contributed by atoms with Crippen LogP contribution in [0.15, 0.2) is 6.20 Å². The lowest BCUT2D eigenvalue weighted by atomic mass is 10.1. The minimum absolute atomic E-state index is 0.118. The Bertz CT molecular complexity index is 296. The number of nitrogens with zero attached hydrogens (tertiary/aromatic N) is 2. The van der Waals surface area contributed by atoms with Gasteiger partial charge in [0.1, 0.15) is 12.1 Å². The Labute approximate surface area is 76.8 Å². The van der Waals surface area contributed by atoms with E-state index in [2.05, 4.69) is 4.98 Å². The summed E-state index contributed by atoms with van der Waals surface area (Å²) < 4.78 is 1.81. The second-order valence-electron chi connectivity index (χ2n) is 3.40. The quantitative estimate of drug-likeness (QED) is 0.689. The molecule has 0 saturated heterocycles. The Morgan fingerprint density at radius 1 is 1.62 bits per heavy atom. The van der Waals surface area contributed by atoms with Crippen LogP contribution < -0.4 is 0 Å². The number of hydrogen-bond donors (Lipinski definition) is 2. The summed E-state index contributed by atoms with van der Waals surface area (Å²) in [7, 11) is 0. The molecule has 0 radical (unpaired) electrons. The highest BCUT2D eigenvalue weighted by Gasteiger charge is 2.18. The van der Waals surface area contributed by atoms with Crippen LogP contribution in [0, 0.1) is 0 Å². The van der Waals surface area contributed by atoms with Crippen molar-refractivity contribution in [2.45, 2.75) is 31.9 Å². The van der Waals surface area contributed by atoms with Gasteiger partial charge in [-0.25, -0.2) is 4.98 Å². The molecule has 1 aromatic heterocycles. The van der Waals surface area contributed by atoms with E-state index in [1.54, 1.807) is 0 Å². The van der Waals surface area contributed by atoms with Gasteiger partial charge in [0.25, 0.3) is 0 Å². The molecule has 4 heteroatoms. The molecule has 13 heavy (non-hydrogen) atoms. The molecular formula is C9H14N2O2. The van der Waals surface area contributed by atoms with Crippen LogP contribution in [-0.4, -0.2) is 26.4 Å². The molecule has 1 aliphatic rings. The van der Waals surface area contributed by atoms with Crippen molar-refractivity contribution in [3.05, 3.63) is 17.7 Å². The molecule has 1 aliphatic heterocycles. The summed E-state index contributed by atoms with van der Waals surface area (Å²) in [6, 6.07) is 0. The Balaban J connectivity index is 2.25. The number of aliphatic hydroxyl groups is 2. The van der Waals surface area contributed by atoms with E-state index in [-0.39, 0.29) is 6.61 Å². The molecule has 0 bridgehead atoms. The van der Waals surface area contributed by atoms with Crippen molar-refractivity contribution in [2.24, 2.45) is 0 Å². The summed E-state index contributed by atoms with van der Waals surface area (Å²) in [5.41, 5.74) is 0.874. The number of aliphatic hydroxyl groups excluding tert-OH is 2. The predicted molar refractivity (Wildman–Crippen MR) is 47.2 cm³/mol. The molecule has 2 rings (SSSR count). The molecule has 0 spiro atoms. The molecule has 1 aromatic rings. The lowest BCUT2D eigenvalue weighted by Crippen LogP contribution is -2.16. The van der Waals surface area contributed by atoms with E-state index in [0.717, 1.165) is 30.8 Å². The van der Waals surface area contributed by atoms with Gasteiger partial charge in [0, 0.05) is 25.6 Å². The van der Waals surface area contributed by atoms with Gasteiger partial charge in [-0.15, -0.1) is 0 Å². The van der Waals surface area contributed by atoms with Crippen molar-refractivity contribution in [1.82, 2.24) is 9.55 Å². The van der Waals surface area contributed by atoms with Gasteiger partial charge < -0.3 is 14.8 Å². The standard InChI is InChI=1S/C9H14N2O2/c12-5-4-7-6-11-8(10-7)2-1-3-9(11)13/h6,9,12-13H,1-5H2. The molecule has 2 heterocycles. The van der Waals surface area contributed by atoms with Crippen molar-refractivity contribution in [3.63, 3.8) is 0 Å². The summed E-state index contributed by atoms with van der Waals surface area (Å²) in [5.74, 6) is 0.946. The van der Waals surface area contributed by atoms with Crippen molar-refractivity contribution < 1.29 is 10.2 Å². The van der Waals surface area contributed by atoms with Crippen LogP contribution in [0.25, 0.3) is 0 Å². The molecule has 0 saturated carbocycles. The average Bonchev–Trinajstić information content (AvgIpc) is 2.49. The van der Waals surface area contributed by atoms with Crippen LogP contribution in [0.5, 0.6) is 0 Å². The predicted octanol–water partition coefficient (Wildman–Crippen LogP) is 0.245. The summed E-state index contributed by atoms with van der Waals surface area (Å²) >= 11 is 0. The number of aryl methyl sites for hydroxylation is 1. The van der Waals surface area contributed by atoms with Gasteiger partial charge in [0.2, 0.25) is 0 Å². The summed E-state index contributed by atoms with van der Waals surface area (Å²) in [4.78, 5) is 4.33. The van der Waals surface area contributed by atoms with Crippen LogP contribution in [0.2, 0.25) is 0 Å². The highest BCUT2D eigenvalue weighted by Crippen LogP contribution is 2.22. The third-order valence-corrected chi connectivity index (χ3v) is 2.41. The highest BCUT2D eigenvalue weighted by molar-refractivity contribution is 5.07. The van der Waals surface area contributed by atoms with Crippen LogP contribution in [0.4, 0.5) is 0 Å². The second-order valence-corrected chi connectivity index (χ2v) is 3.40. The SMILES string of the molecule is OCCc1cn2c(n1)CCCC2O. The molecule has 0 aliphatic carbocycles. The van der Waals surface area contributed by atoms with Gasteiger partial charge in [-0.05, 0) is 12.8 Å². The second kappa shape index (κ2) is 3.47. The van der Waals surface area contributed by atoms with Gasteiger partial charge in [0.05, 0.1) is 5.69 Å². The normalized spacial score (nSPS) is 21.5. The van der Waals surface area contributed by atoms with Crippen LogP contribution in [0.1, 0.15) is 30.6 Å². The number of imidazole rings is 1. The van der Waals surface area contributed by atoms with E-state index in [1.165, 1.54) is 0 Å². The first-order valence-corrected chi connectivity index (χ1v) is 4.67. The minimum Gasteiger partial charge on any atom is -0.396 e. The summed E-state index contributed by atoms with van der Waals surface area (Å²) in [6.07, 6.45) is 4.74. The first-order valence-electron chi connectivity index (χ1n) is 4.67. The smallest absolute Gasteiger partial charge is 0.131 e. The van der Waals surface area contributed by atoms with E-state index in [4.69, 9.17) is 5.11 Å². The number of hydrogen-bond acceptors (Lipinski definition) is 3. The first kappa shape index (κ1) is 8.72. The molecule has 2 N–H and O–H groups in total. The Morgan fingerprint density at radius 3 is 3.15 bits per heavy atom. The third-order valence-electron chi connectivity index (χ3n) is 2.41. The van der Waals surface area contributed by atoms with Crippen LogP contribution in [-0.2, 0) is 12.8 Å². The Hall–Kier alpha value is -0.870. The largest absolute Gasteiger partial charge is 0.396 e. The third kappa shape index (κ3) is 1.59. The fourth-order valence-corrected chi connectivity index (χ4v) is 1.75. The number of aromatic nitrogens is 2. The molecule has 72 valence electrons. The Morgan fingerprint density at radius 2 is 2.46 bits per heavy atom. The lowest BCUT2D eigenvalue weighted by Gasteiger charge is -2.19. The highest BCUT2D eigenvalue weighted by atomic mass is 16.3. The van der Waals surface area contributed by atoms with E-state index in [9.17, 15) is 5.11 Å². The number of fused-ring (bicyclic) bond motifs is 1. The molecule has 4 nitrogen and oxygen atoms in total. The molecule has 1 unspecified atom stereocenters. The van der Waals surface area contributed by atoms with Gasteiger partial charge in [-0.1, -0.05) is 0 Å². The molecule has 0 amide bonds. The molecule has 0 aromatic carbocycles. The van der Waals surface area contributed by atoms with Gasteiger partial charge in [-0.3, -0.25) is 0 Å². The maximum atomic E-state index is 9.60. The zero-order valence-corrected chi connectivity index (χ0v) is 7.48. The van der Waals surface area contributed by atoms with Gasteiger partial charge >= 0.3 is 0 Å². The van der Waals surface area contributed by atoms with E-state index < -0.39 is 6.23 Å². The summed E-state index contributed by atoms with van der Waals surface area (Å²) in [6.45, 7) is 0.118. The minimum atomic E-state index is -0.413. The summed E-state index contributed by atoms with van der Waals surface area (Å²) in [5, 5.41) is 18.3. The topological polar surface area (TPSA) is 58.3 Å². The average molecular weight is 182 g/mol. The maximum Gasteiger partial charge on any atom is 0.131 e. The fourth-order valence-electron chi connectivity index (χ4n) is 1.75.